The van der Waals surface area contributed by atoms with E-state index in [9.17, 15) is 9.90 Å². The van der Waals surface area contributed by atoms with Crippen molar-refractivity contribution in [3.63, 3.8) is 0 Å². The molecule has 0 unspecified atom stereocenters. The van der Waals surface area contributed by atoms with E-state index in [1.54, 1.807) is 6.92 Å². The third-order valence-electron chi connectivity index (χ3n) is 2.99. The Morgan fingerprint density at radius 1 is 1.21 bits per heavy atom. The molecule has 0 amide bonds. The van der Waals surface area contributed by atoms with Gasteiger partial charge >= 0.3 is 5.97 Å². The number of benzene rings is 1. The van der Waals surface area contributed by atoms with Gasteiger partial charge in [-0.2, -0.15) is 4.37 Å². The van der Waals surface area contributed by atoms with Crippen molar-refractivity contribution in [2.24, 2.45) is 0 Å². The molecular formula is C14H16N2O2S. The summed E-state index contributed by atoms with van der Waals surface area (Å²) in [6.45, 7) is 7.77. The van der Waals surface area contributed by atoms with Gasteiger partial charge in [0.2, 0.25) is 0 Å². The Labute approximate surface area is 116 Å². The van der Waals surface area contributed by atoms with E-state index in [1.165, 1.54) is 17.1 Å². The lowest BCUT2D eigenvalue weighted by Gasteiger charge is -2.13. The zero-order valence-electron chi connectivity index (χ0n) is 11.4. The van der Waals surface area contributed by atoms with Gasteiger partial charge < -0.3 is 10.4 Å². The molecule has 0 aliphatic carbocycles. The fraction of sp³-hybridized carbons (Fsp3) is 0.286. The monoisotopic (exact) mass is 276 g/mol. The Balaban J connectivity index is 2.45. The number of anilines is 2. The molecule has 0 aliphatic heterocycles. The number of nitrogens with one attached hydrogen (secondary N) is 1. The van der Waals surface area contributed by atoms with Gasteiger partial charge in [0, 0.05) is 5.69 Å². The predicted octanol–water partition coefficient (Wildman–Crippen LogP) is 3.82. The average molecular weight is 276 g/mol. The molecule has 100 valence electrons. The van der Waals surface area contributed by atoms with Gasteiger partial charge in [0.15, 0.2) is 0 Å². The average Bonchev–Trinajstić information content (AvgIpc) is 2.64. The van der Waals surface area contributed by atoms with Crippen molar-refractivity contribution in [3.05, 3.63) is 40.1 Å². The Hall–Kier alpha value is -1.88. The number of hydrogen-bond acceptors (Lipinski definition) is 4. The second kappa shape index (κ2) is 5.01. The number of carboxylic acid groups (broad SMARTS) is 1. The number of aryl methyl sites for hydroxylation is 4. The molecule has 0 atom stereocenters. The molecule has 5 heteroatoms. The first-order chi connectivity index (χ1) is 8.90. The summed E-state index contributed by atoms with van der Waals surface area (Å²) >= 11 is 1.18. The Bertz CT molecular complexity index is 624. The van der Waals surface area contributed by atoms with E-state index in [4.69, 9.17) is 0 Å². The van der Waals surface area contributed by atoms with E-state index in [0.717, 1.165) is 16.8 Å². The highest BCUT2D eigenvalue weighted by Crippen LogP contribution is 2.31. The van der Waals surface area contributed by atoms with Crippen LogP contribution in [0, 0.1) is 27.7 Å². The van der Waals surface area contributed by atoms with E-state index in [0.29, 0.717) is 10.7 Å². The molecule has 1 aromatic carbocycles. The summed E-state index contributed by atoms with van der Waals surface area (Å²) in [6.07, 6.45) is 0. The van der Waals surface area contributed by atoms with E-state index in [1.807, 2.05) is 20.8 Å². The molecule has 0 saturated carbocycles. The van der Waals surface area contributed by atoms with Crippen molar-refractivity contribution in [1.29, 1.82) is 0 Å². The van der Waals surface area contributed by atoms with Crippen molar-refractivity contribution in [3.8, 4) is 0 Å². The SMILES string of the molecule is Cc1cc(C)c(Nc2snc(C)c2C(=O)O)c(C)c1. The van der Waals surface area contributed by atoms with Crippen LogP contribution in [0.2, 0.25) is 0 Å². The minimum absolute atomic E-state index is 0.254. The van der Waals surface area contributed by atoms with Crippen molar-refractivity contribution in [1.82, 2.24) is 4.37 Å². The summed E-state index contributed by atoms with van der Waals surface area (Å²) in [5, 5.41) is 13.0. The lowest BCUT2D eigenvalue weighted by Crippen LogP contribution is -2.03. The van der Waals surface area contributed by atoms with E-state index >= 15 is 0 Å². The summed E-state index contributed by atoms with van der Waals surface area (Å²) in [5.41, 5.74) is 5.14. The van der Waals surface area contributed by atoms with Gasteiger partial charge in [-0.1, -0.05) is 17.7 Å². The molecule has 0 saturated heterocycles. The van der Waals surface area contributed by atoms with Gasteiger partial charge in [0.1, 0.15) is 10.6 Å². The standard InChI is InChI=1S/C14H16N2O2S/c1-7-5-8(2)12(9(3)6-7)15-13-11(14(17)18)10(4)16-19-13/h5-6,15H,1-4H3,(H,17,18). The Morgan fingerprint density at radius 3 is 2.32 bits per heavy atom. The number of hydrogen-bond donors (Lipinski definition) is 2. The van der Waals surface area contributed by atoms with Crippen molar-refractivity contribution >= 4 is 28.2 Å². The molecule has 0 aliphatic rings. The minimum Gasteiger partial charge on any atom is -0.478 e. The molecule has 2 N–H and O–H groups in total. The number of carbonyl (C=O) groups is 1. The van der Waals surface area contributed by atoms with Gasteiger partial charge in [0.25, 0.3) is 0 Å². The summed E-state index contributed by atoms with van der Waals surface area (Å²) in [6, 6.07) is 4.15. The van der Waals surface area contributed by atoms with E-state index in [-0.39, 0.29) is 5.56 Å². The van der Waals surface area contributed by atoms with Crippen LogP contribution in [0.1, 0.15) is 32.7 Å². The molecule has 1 aromatic heterocycles. The predicted molar refractivity (Wildman–Crippen MR) is 77.7 cm³/mol. The first kappa shape index (κ1) is 13.5. The lowest BCUT2D eigenvalue weighted by molar-refractivity contribution is 0.0697. The summed E-state index contributed by atoms with van der Waals surface area (Å²) < 4.78 is 4.11. The molecular weight excluding hydrogens is 260 g/mol. The van der Waals surface area contributed by atoms with Gasteiger partial charge in [-0.05, 0) is 50.4 Å². The highest BCUT2D eigenvalue weighted by Gasteiger charge is 2.18. The molecule has 0 bridgehead atoms. The summed E-state index contributed by atoms with van der Waals surface area (Å²) in [7, 11) is 0. The maximum absolute atomic E-state index is 11.2. The largest absolute Gasteiger partial charge is 0.478 e. The number of nitrogens with zero attached hydrogens (tertiary/aromatic N) is 1. The summed E-state index contributed by atoms with van der Waals surface area (Å²) in [4.78, 5) is 11.2. The minimum atomic E-state index is -0.948. The molecule has 0 radical (unpaired) electrons. The fourth-order valence-electron chi connectivity index (χ4n) is 2.20. The first-order valence-electron chi connectivity index (χ1n) is 5.94. The second-order valence-electron chi connectivity index (χ2n) is 4.68. The maximum atomic E-state index is 11.2. The number of aromatic carboxylic acids is 1. The molecule has 4 nitrogen and oxygen atoms in total. The normalized spacial score (nSPS) is 10.5. The Kier molecular flexibility index (Phi) is 3.57. The van der Waals surface area contributed by atoms with Crippen molar-refractivity contribution in [2.75, 3.05) is 5.32 Å². The molecule has 1 heterocycles. The van der Waals surface area contributed by atoms with E-state index < -0.39 is 5.97 Å². The number of carboxylic acids is 1. The van der Waals surface area contributed by atoms with Gasteiger partial charge in [0.05, 0.1) is 5.69 Å². The number of rotatable bonds is 3. The van der Waals surface area contributed by atoms with Crippen LogP contribution in [-0.2, 0) is 0 Å². The highest BCUT2D eigenvalue weighted by molar-refractivity contribution is 7.10. The van der Waals surface area contributed by atoms with Gasteiger partial charge in [-0.3, -0.25) is 0 Å². The zero-order valence-corrected chi connectivity index (χ0v) is 12.2. The van der Waals surface area contributed by atoms with Crippen LogP contribution in [-0.4, -0.2) is 15.4 Å². The van der Waals surface area contributed by atoms with Crippen LogP contribution < -0.4 is 5.32 Å². The molecule has 19 heavy (non-hydrogen) atoms. The lowest BCUT2D eigenvalue weighted by atomic mass is 10.1. The Morgan fingerprint density at radius 2 is 1.79 bits per heavy atom. The van der Waals surface area contributed by atoms with Crippen LogP contribution in [0.15, 0.2) is 12.1 Å². The van der Waals surface area contributed by atoms with Crippen LogP contribution in [0.5, 0.6) is 0 Å². The summed E-state index contributed by atoms with van der Waals surface area (Å²) in [5.74, 6) is -0.948. The van der Waals surface area contributed by atoms with Gasteiger partial charge in [-0.15, -0.1) is 0 Å². The van der Waals surface area contributed by atoms with Crippen molar-refractivity contribution in [2.45, 2.75) is 27.7 Å². The first-order valence-corrected chi connectivity index (χ1v) is 6.72. The quantitative estimate of drug-likeness (QED) is 0.894. The second-order valence-corrected chi connectivity index (χ2v) is 5.45. The molecule has 2 rings (SSSR count). The molecule has 0 spiro atoms. The zero-order chi connectivity index (χ0) is 14.2. The highest BCUT2D eigenvalue weighted by atomic mass is 32.1. The van der Waals surface area contributed by atoms with Crippen LogP contribution in [0.25, 0.3) is 0 Å². The smallest absolute Gasteiger partial charge is 0.340 e. The maximum Gasteiger partial charge on any atom is 0.340 e. The van der Waals surface area contributed by atoms with Crippen molar-refractivity contribution < 1.29 is 9.90 Å². The van der Waals surface area contributed by atoms with Crippen LogP contribution in [0.3, 0.4) is 0 Å². The van der Waals surface area contributed by atoms with Crippen LogP contribution >= 0.6 is 11.5 Å². The fourth-order valence-corrected chi connectivity index (χ4v) is 2.99. The third kappa shape index (κ3) is 2.61. The third-order valence-corrected chi connectivity index (χ3v) is 3.85. The van der Waals surface area contributed by atoms with Crippen LogP contribution in [0.4, 0.5) is 10.7 Å². The molecule has 0 fully saturated rings. The van der Waals surface area contributed by atoms with Gasteiger partial charge in [-0.25, -0.2) is 4.79 Å². The van der Waals surface area contributed by atoms with E-state index in [2.05, 4.69) is 21.8 Å². The molecule has 2 aromatic rings. The number of aromatic nitrogens is 1. The topological polar surface area (TPSA) is 62.2 Å².